The van der Waals surface area contributed by atoms with Crippen LogP contribution in [0.1, 0.15) is 25.7 Å². The Morgan fingerprint density at radius 2 is 1.70 bits per heavy atom. The van der Waals surface area contributed by atoms with E-state index >= 15 is 0 Å². The zero-order valence-corrected chi connectivity index (χ0v) is 20.1. The topological polar surface area (TPSA) is 111 Å². The normalized spacial score (nSPS) is 15.6. The first-order valence-corrected chi connectivity index (χ1v) is 13.2. The number of unbranched alkanes of at least 4 members (excludes halogenated alkanes) is 1. The van der Waals surface area contributed by atoms with Crippen molar-refractivity contribution in [3.8, 4) is 11.5 Å². The minimum atomic E-state index is -4.03. The minimum Gasteiger partial charge on any atom is -0.497 e. The maximum atomic E-state index is 13.2. The first-order valence-electron chi connectivity index (χ1n) is 10.7. The highest BCUT2D eigenvalue weighted by Crippen LogP contribution is 2.35. The average Bonchev–Trinajstić information content (AvgIpc) is 2.86. The van der Waals surface area contributed by atoms with Crippen LogP contribution in [0.3, 0.4) is 0 Å². The van der Waals surface area contributed by atoms with Crippen LogP contribution in [0.15, 0.2) is 58.3 Å². The number of sulfone groups is 1. The maximum Gasteiger partial charge on any atom is 0.265 e. The molecule has 0 atom stereocenters. The fourth-order valence-electron chi connectivity index (χ4n) is 3.62. The van der Waals surface area contributed by atoms with Crippen molar-refractivity contribution in [3.63, 3.8) is 0 Å². The Bertz CT molecular complexity index is 1000. The predicted molar refractivity (Wildman–Crippen MR) is 125 cm³/mol. The van der Waals surface area contributed by atoms with Gasteiger partial charge < -0.3 is 14.2 Å². The SMILES string of the molecule is COc1ccc(SCCCCOc2ccc(S(=O)(=O)C3(C(=O)NO)CCOCC3)cc2)cc1. The number of benzene rings is 2. The standard InChI is InChI=1S/C23H29NO7S2/c1-29-18-4-8-20(9-5-18)32-17-3-2-14-31-19-6-10-21(11-7-19)33(27,28)23(22(25)24-26)12-15-30-16-13-23/h4-11,26H,2-3,12-17H2,1H3,(H,24,25). The molecule has 0 aromatic heterocycles. The molecule has 3 rings (SSSR count). The van der Waals surface area contributed by atoms with Crippen molar-refractivity contribution in [1.82, 2.24) is 5.48 Å². The summed E-state index contributed by atoms with van der Waals surface area (Å²) in [5, 5.41) is 9.12. The van der Waals surface area contributed by atoms with E-state index in [0.29, 0.717) is 12.4 Å². The Labute approximate surface area is 198 Å². The van der Waals surface area contributed by atoms with E-state index in [4.69, 9.17) is 19.4 Å². The molecule has 1 aliphatic heterocycles. The first kappa shape index (κ1) is 25.4. The van der Waals surface area contributed by atoms with Crippen LogP contribution in [0.25, 0.3) is 0 Å². The van der Waals surface area contributed by atoms with Gasteiger partial charge in [-0.25, -0.2) is 13.9 Å². The number of hydroxylamine groups is 1. The van der Waals surface area contributed by atoms with Gasteiger partial charge in [0.2, 0.25) is 0 Å². The van der Waals surface area contributed by atoms with Gasteiger partial charge in [-0.05, 0) is 80.0 Å². The van der Waals surface area contributed by atoms with Crippen LogP contribution < -0.4 is 15.0 Å². The zero-order chi connectivity index (χ0) is 23.7. The van der Waals surface area contributed by atoms with E-state index in [-0.39, 0.29) is 31.0 Å². The van der Waals surface area contributed by atoms with Crippen molar-refractivity contribution in [3.05, 3.63) is 48.5 Å². The number of carbonyl (C=O) groups excluding carboxylic acids is 1. The summed E-state index contributed by atoms with van der Waals surface area (Å²) >= 11 is 1.77. The van der Waals surface area contributed by atoms with Crippen molar-refractivity contribution in [2.24, 2.45) is 0 Å². The molecular weight excluding hydrogens is 466 g/mol. The number of hydrogen-bond donors (Lipinski definition) is 2. The highest BCUT2D eigenvalue weighted by atomic mass is 32.2. The van der Waals surface area contributed by atoms with Crippen molar-refractivity contribution >= 4 is 27.5 Å². The Balaban J connectivity index is 1.49. The second kappa shape index (κ2) is 11.7. The third-order valence-electron chi connectivity index (χ3n) is 5.60. The molecule has 33 heavy (non-hydrogen) atoms. The quantitative estimate of drug-likeness (QED) is 0.211. The molecule has 1 aliphatic rings. The summed E-state index contributed by atoms with van der Waals surface area (Å²) in [5.41, 5.74) is 1.52. The van der Waals surface area contributed by atoms with E-state index in [1.165, 1.54) is 22.5 Å². The summed E-state index contributed by atoms with van der Waals surface area (Å²) in [7, 11) is -2.39. The molecule has 1 fully saturated rings. The van der Waals surface area contributed by atoms with Gasteiger partial charge in [-0.15, -0.1) is 11.8 Å². The second-order valence-corrected chi connectivity index (χ2v) is 11.0. The lowest BCUT2D eigenvalue weighted by molar-refractivity contribution is -0.134. The molecule has 180 valence electrons. The Kier molecular flexibility index (Phi) is 9.02. The molecule has 8 nitrogen and oxygen atoms in total. The van der Waals surface area contributed by atoms with E-state index in [1.807, 2.05) is 24.3 Å². The summed E-state index contributed by atoms with van der Waals surface area (Å²) < 4.78 is 40.8. The van der Waals surface area contributed by atoms with Crippen LogP contribution in [0, 0.1) is 0 Å². The van der Waals surface area contributed by atoms with Crippen LogP contribution in [0.2, 0.25) is 0 Å². The van der Waals surface area contributed by atoms with Crippen molar-refractivity contribution in [2.45, 2.75) is 40.2 Å². The average molecular weight is 496 g/mol. The Hall–Kier alpha value is -2.27. The highest BCUT2D eigenvalue weighted by Gasteiger charge is 2.52. The van der Waals surface area contributed by atoms with E-state index in [9.17, 15) is 13.2 Å². The second-order valence-electron chi connectivity index (χ2n) is 7.60. The van der Waals surface area contributed by atoms with Crippen molar-refractivity contribution in [1.29, 1.82) is 0 Å². The molecule has 0 bridgehead atoms. The lowest BCUT2D eigenvalue weighted by Gasteiger charge is -2.34. The number of carbonyl (C=O) groups is 1. The minimum absolute atomic E-state index is 0.0104. The van der Waals surface area contributed by atoms with Crippen LogP contribution in [0.5, 0.6) is 11.5 Å². The lowest BCUT2D eigenvalue weighted by atomic mass is 9.98. The van der Waals surface area contributed by atoms with Gasteiger partial charge >= 0.3 is 0 Å². The number of thioether (sulfide) groups is 1. The van der Waals surface area contributed by atoms with E-state index in [1.54, 1.807) is 31.0 Å². The number of ether oxygens (including phenoxy) is 3. The van der Waals surface area contributed by atoms with E-state index in [2.05, 4.69) is 0 Å². The molecular formula is C23H29NO7S2. The molecule has 1 saturated heterocycles. The summed E-state index contributed by atoms with van der Waals surface area (Å²) in [6.07, 6.45) is 1.80. The predicted octanol–water partition coefficient (Wildman–Crippen LogP) is 3.47. The van der Waals surface area contributed by atoms with Gasteiger partial charge in [0.15, 0.2) is 14.6 Å². The van der Waals surface area contributed by atoms with Crippen LogP contribution in [-0.2, 0) is 19.4 Å². The van der Waals surface area contributed by atoms with Gasteiger partial charge in [-0.3, -0.25) is 10.0 Å². The number of amides is 1. The molecule has 2 aromatic carbocycles. The molecule has 2 N–H and O–H groups in total. The van der Waals surface area contributed by atoms with Gasteiger partial charge in [0.1, 0.15) is 11.5 Å². The molecule has 1 amide bonds. The molecule has 10 heteroatoms. The summed E-state index contributed by atoms with van der Waals surface area (Å²) in [5.74, 6) is 1.43. The summed E-state index contributed by atoms with van der Waals surface area (Å²) in [6, 6.07) is 14.0. The van der Waals surface area contributed by atoms with Crippen LogP contribution in [0.4, 0.5) is 0 Å². The van der Waals surface area contributed by atoms with E-state index in [0.717, 1.165) is 24.3 Å². The molecule has 0 spiro atoms. The summed E-state index contributed by atoms with van der Waals surface area (Å²) in [6.45, 7) is 0.776. The number of hydrogen-bond acceptors (Lipinski definition) is 8. The number of nitrogens with one attached hydrogen (secondary N) is 1. The highest BCUT2D eigenvalue weighted by molar-refractivity contribution is 7.99. The molecule has 0 saturated carbocycles. The Morgan fingerprint density at radius 1 is 1.06 bits per heavy atom. The van der Waals surface area contributed by atoms with Crippen LogP contribution >= 0.6 is 11.8 Å². The first-order chi connectivity index (χ1) is 15.9. The van der Waals surface area contributed by atoms with Gasteiger partial charge in [0.05, 0.1) is 18.6 Å². The molecule has 0 unspecified atom stereocenters. The molecule has 2 aromatic rings. The largest absolute Gasteiger partial charge is 0.497 e. The van der Waals surface area contributed by atoms with E-state index < -0.39 is 20.5 Å². The van der Waals surface area contributed by atoms with Gasteiger partial charge in [0, 0.05) is 18.1 Å². The molecule has 0 radical (unpaired) electrons. The number of rotatable bonds is 11. The molecule has 0 aliphatic carbocycles. The fourth-order valence-corrected chi connectivity index (χ4v) is 6.47. The zero-order valence-electron chi connectivity index (χ0n) is 18.5. The summed E-state index contributed by atoms with van der Waals surface area (Å²) in [4.78, 5) is 13.5. The maximum absolute atomic E-state index is 13.2. The van der Waals surface area contributed by atoms with Crippen LogP contribution in [-0.4, -0.2) is 57.0 Å². The van der Waals surface area contributed by atoms with Gasteiger partial charge in [-0.2, -0.15) is 0 Å². The van der Waals surface area contributed by atoms with Gasteiger partial charge in [-0.1, -0.05) is 0 Å². The third-order valence-corrected chi connectivity index (χ3v) is 9.21. The fraction of sp³-hybridized carbons (Fsp3) is 0.435. The van der Waals surface area contributed by atoms with Gasteiger partial charge in [0.25, 0.3) is 5.91 Å². The smallest absolute Gasteiger partial charge is 0.265 e. The van der Waals surface area contributed by atoms with Crippen molar-refractivity contribution in [2.75, 3.05) is 32.7 Å². The van der Waals surface area contributed by atoms with Crippen molar-refractivity contribution < 1.29 is 32.6 Å². The Morgan fingerprint density at radius 3 is 2.30 bits per heavy atom. The third kappa shape index (κ3) is 6.00. The molecule has 1 heterocycles. The number of methoxy groups -OCH3 is 1. The monoisotopic (exact) mass is 495 g/mol. The lowest BCUT2D eigenvalue weighted by Crippen LogP contribution is -2.54.